The molecular formula is C24H26O2. The largest absolute Gasteiger partial charge is 0.511 e. The van der Waals surface area contributed by atoms with Crippen LogP contribution < -0.4 is 0 Å². The van der Waals surface area contributed by atoms with Crippen LogP contribution in [0.4, 0.5) is 0 Å². The zero-order valence-corrected chi connectivity index (χ0v) is 15.8. The summed E-state index contributed by atoms with van der Waals surface area (Å²) in [7, 11) is 0. The number of hydrogen-bond donors (Lipinski definition) is 1. The lowest BCUT2D eigenvalue weighted by molar-refractivity contribution is -0.117. The summed E-state index contributed by atoms with van der Waals surface area (Å²) in [6.45, 7) is 6.28. The Balaban J connectivity index is 1.86. The molecule has 2 nitrogen and oxygen atoms in total. The normalized spacial score (nSPS) is 22.2. The molecule has 0 aromatic heterocycles. The van der Waals surface area contributed by atoms with Crippen LogP contribution in [0.25, 0.3) is 16.7 Å². The van der Waals surface area contributed by atoms with E-state index < -0.39 is 0 Å². The molecule has 1 fully saturated rings. The number of aryl methyl sites for hydroxylation is 3. The summed E-state index contributed by atoms with van der Waals surface area (Å²) in [5.41, 5.74) is 7.42. The minimum absolute atomic E-state index is 0.104. The number of carbonyl (C=O) groups is 1. The van der Waals surface area contributed by atoms with Crippen molar-refractivity contribution in [1.29, 1.82) is 0 Å². The first-order valence-electron chi connectivity index (χ1n) is 9.67. The maximum absolute atomic E-state index is 13.0. The predicted octanol–water partition coefficient (Wildman–Crippen LogP) is 5.80. The van der Waals surface area contributed by atoms with E-state index >= 15 is 0 Å². The lowest BCUT2D eigenvalue weighted by Crippen LogP contribution is -2.22. The molecule has 2 bridgehead atoms. The van der Waals surface area contributed by atoms with E-state index in [0.717, 1.165) is 42.4 Å². The molecule has 0 heterocycles. The van der Waals surface area contributed by atoms with E-state index in [1.165, 1.54) is 16.7 Å². The maximum Gasteiger partial charge on any atom is 0.169 e. The third-order valence-corrected chi connectivity index (χ3v) is 6.13. The number of benzene rings is 2. The molecule has 26 heavy (non-hydrogen) atoms. The van der Waals surface area contributed by atoms with E-state index in [9.17, 15) is 9.90 Å². The molecule has 0 spiro atoms. The van der Waals surface area contributed by atoms with Crippen LogP contribution in [0.3, 0.4) is 0 Å². The Kier molecular flexibility index (Phi) is 4.22. The monoisotopic (exact) mass is 346 g/mol. The average molecular weight is 346 g/mol. The summed E-state index contributed by atoms with van der Waals surface area (Å²) in [6.07, 6.45) is 3.53. The number of ketones is 1. The van der Waals surface area contributed by atoms with Crippen molar-refractivity contribution in [2.24, 2.45) is 11.8 Å². The van der Waals surface area contributed by atoms with Gasteiger partial charge in [0.15, 0.2) is 5.78 Å². The van der Waals surface area contributed by atoms with E-state index in [-0.39, 0.29) is 17.6 Å². The lowest BCUT2D eigenvalue weighted by Gasteiger charge is -2.25. The Hall–Kier alpha value is -2.35. The highest BCUT2D eigenvalue weighted by molar-refractivity contribution is 6.24. The topological polar surface area (TPSA) is 37.3 Å². The number of hydrogen-bond acceptors (Lipinski definition) is 2. The highest BCUT2D eigenvalue weighted by atomic mass is 16.3. The minimum Gasteiger partial charge on any atom is -0.511 e. The Labute approximate surface area is 155 Å². The van der Waals surface area contributed by atoms with Gasteiger partial charge in [0.05, 0.1) is 5.57 Å². The van der Waals surface area contributed by atoms with Crippen LogP contribution in [0.1, 0.15) is 48.4 Å². The van der Waals surface area contributed by atoms with Gasteiger partial charge in [-0.05, 0) is 67.3 Å². The summed E-state index contributed by atoms with van der Waals surface area (Å²) < 4.78 is 0. The fourth-order valence-corrected chi connectivity index (χ4v) is 4.66. The van der Waals surface area contributed by atoms with Gasteiger partial charge in [0.1, 0.15) is 5.76 Å². The molecule has 1 N–H and O–H groups in total. The van der Waals surface area contributed by atoms with Crippen LogP contribution in [0.2, 0.25) is 0 Å². The summed E-state index contributed by atoms with van der Waals surface area (Å²) in [5.74, 6) is 0.766. The molecule has 0 aliphatic heterocycles. The summed E-state index contributed by atoms with van der Waals surface area (Å²) in [6, 6.07) is 12.9. The zero-order valence-electron chi connectivity index (χ0n) is 15.8. The van der Waals surface area contributed by atoms with E-state index in [2.05, 4.69) is 57.2 Å². The van der Waals surface area contributed by atoms with Crippen molar-refractivity contribution in [3.63, 3.8) is 0 Å². The predicted molar refractivity (Wildman–Crippen MR) is 106 cm³/mol. The van der Waals surface area contributed by atoms with Crippen molar-refractivity contribution in [2.45, 2.75) is 46.5 Å². The smallest absolute Gasteiger partial charge is 0.169 e. The molecule has 2 aromatic carbocycles. The van der Waals surface area contributed by atoms with Gasteiger partial charge in [-0.3, -0.25) is 4.79 Å². The molecule has 2 aliphatic carbocycles. The molecule has 2 atom stereocenters. The van der Waals surface area contributed by atoms with Gasteiger partial charge in [0, 0.05) is 11.8 Å². The molecule has 0 amide bonds. The fourth-order valence-electron chi connectivity index (χ4n) is 4.66. The molecule has 1 saturated carbocycles. The van der Waals surface area contributed by atoms with Crippen LogP contribution >= 0.6 is 0 Å². The summed E-state index contributed by atoms with van der Waals surface area (Å²) >= 11 is 0. The highest BCUT2D eigenvalue weighted by Gasteiger charge is 2.42. The van der Waals surface area contributed by atoms with Gasteiger partial charge in [-0.1, -0.05) is 48.9 Å². The number of carbonyl (C=O) groups excluding carboxylic acids is 1. The van der Waals surface area contributed by atoms with Crippen molar-refractivity contribution in [1.82, 2.24) is 0 Å². The van der Waals surface area contributed by atoms with Gasteiger partial charge >= 0.3 is 0 Å². The van der Waals surface area contributed by atoms with Crippen LogP contribution in [-0.2, 0) is 11.2 Å². The first-order valence-corrected chi connectivity index (χ1v) is 9.67. The van der Waals surface area contributed by atoms with E-state index in [0.29, 0.717) is 11.3 Å². The van der Waals surface area contributed by atoms with Crippen LogP contribution in [0.15, 0.2) is 42.2 Å². The number of fused-ring (bicyclic) bond motifs is 2. The van der Waals surface area contributed by atoms with Crippen molar-refractivity contribution >= 4 is 11.4 Å². The first kappa shape index (κ1) is 17.1. The highest BCUT2D eigenvalue weighted by Crippen LogP contribution is 2.46. The van der Waals surface area contributed by atoms with E-state index in [4.69, 9.17) is 0 Å². The minimum atomic E-state index is 0.104. The molecule has 2 aromatic rings. The second kappa shape index (κ2) is 6.42. The second-order valence-corrected chi connectivity index (χ2v) is 7.88. The molecule has 0 saturated heterocycles. The van der Waals surface area contributed by atoms with Gasteiger partial charge in [-0.15, -0.1) is 0 Å². The van der Waals surface area contributed by atoms with Crippen molar-refractivity contribution in [3.05, 3.63) is 64.4 Å². The van der Waals surface area contributed by atoms with Crippen LogP contribution in [0.5, 0.6) is 0 Å². The van der Waals surface area contributed by atoms with Crippen molar-refractivity contribution in [2.75, 3.05) is 0 Å². The van der Waals surface area contributed by atoms with Gasteiger partial charge in [0.2, 0.25) is 0 Å². The van der Waals surface area contributed by atoms with Crippen molar-refractivity contribution < 1.29 is 9.90 Å². The molecular weight excluding hydrogens is 320 g/mol. The number of rotatable bonds is 3. The molecule has 0 radical (unpaired) electrons. The second-order valence-electron chi connectivity index (χ2n) is 7.88. The fraction of sp³-hybridized carbons (Fsp3) is 0.375. The molecule has 134 valence electrons. The summed E-state index contributed by atoms with van der Waals surface area (Å²) in [4.78, 5) is 13.0. The van der Waals surface area contributed by atoms with E-state index in [1.54, 1.807) is 0 Å². The third-order valence-electron chi connectivity index (χ3n) is 6.13. The van der Waals surface area contributed by atoms with Crippen LogP contribution in [0, 0.1) is 25.7 Å². The van der Waals surface area contributed by atoms with Crippen LogP contribution in [-0.4, -0.2) is 10.9 Å². The molecule has 0 unspecified atom stereocenters. The SMILES string of the molecule is CCc1cc(-c2ccc(C)cc2)cc(C)c1C1=C(O)[C@@H]2CC[C@@H](C2)C1=O. The van der Waals surface area contributed by atoms with Gasteiger partial charge in [0.25, 0.3) is 0 Å². The van der Waals surface area contributed by atoms with Gasteiger partial charge in [-0.25, -0.2) is 0 Å². The van der Waals surface area contributed by atoms with Crippen molar-refractivity contribution in [3.8, 4) is 11.1 Å². The number of aliphatic hydroxyl groups is 1. The number of allylic oxidation sites excluding steroid dienone is 2. The lowest BCUT2D eigenvalue weighted by atomic mass is 9.79. The van der Waals surface area contributed by atoms with E-state index in [1.807, 2.05) is 0 Å². The maximum atomic E-state index is 13.0. The molecule has 2 aliphatic rings. The third kappa shape index (κ3) is 2.68. The summed E-state index contributed by atoms with van der Waals surface area (Å²) in [5, 5.41) is 10.8. The Morgan fingerprint density at radius 3 is 2.38 bits per heavy atom. The zero-order chi connectivity index (χ0) is 18.4. The first-order chi connectivity index (χ1) is 12.5. The Morgan fingerprint density at radius 1 is 1.00 bits per heavy atom. The number of Topliss-reactive ketones (excluding diaryl/α,β-unsaturated/α-hetero) is 1. The quantitative estimate of drug-likeness (QED) is 0.762. The molecule has 2 heteroatoms. The van der Waals surface area contributed by atoms with Gasteiger partial charge in [-0.2, -0.15) is 0 Å². The standard InChI is InChI=1S/C24H26O2/c1-4-16-12-20(17-7-5-14(2)6-8-17)11-15(3)21(16)22-23(25)18-9-10-19(13-18)24(22)26/h5-8,11-12,18-19,25H,4,9-10,13H2,1-3H3/t18-,19+/m1/s1. The average Bonchev–Trinajstić information content (AvgIpc) is 3.09. The van der Waals surface area contributed by atoms with Gasteiger partial charge < -0.3 is 5.11 Å². The Bertz CT molecular complexity index is 903. The molecule has 4 rings (SSSR count). The Morgan fingerprint density at radius 2 is 1.69 bits per heavy atom. The number of aliphatic hydroxyl groups excluding tert-OH is 1.